The molecule has 3 rings (SSSR count). The van der Waals surface area contributed by atoms with Gasteiger partial charge in [-0.3, -0.25) is 4.79 Å². The van der Waals surface area contributed by atoms with E-state index >= 15 is 0 Å². The highest BCUT2D eigenvalue weighted by atomic mass is 16.1. The summed E-state index contributed by atoms with van der Waals surface area (Å²) in [5.74, 6) is 2.90. The molecule has 1 saturated carbocycles. The van der Waals surface area contributed by atoms with E-state index in [1.165, 1.54) is 12.8 Å². The van der Waals surface area contributed by atoms with Crippen LogP contribution in [0.3, 0.4) is 0 Å². The van der Waals surface area contributed by atoms with Gasteiger partial charge >= 0.3 is 0 Å². The second kappa shape index (κ2) is 8.81. The molecule has 0 spiro atoms. The normalized spacial score (nSPS) is 23.9. The zero-order chi connectivity index (χ0) is 19.4. The van der Waals surface area contributed by atoms with Gasteiger partial charge in [0.25, 0.3) is 5.91 Å². The van der Waals surface area contributed by atoms with Crippen LogP contribution in [0.15, 0.2) is 6.07 Å². The minimum Gasteiger partial charge on any atom is -0.396 e. The average molecular weight is 374 g/mol. The number of anilines is 3. The van der Waals surface area contributed by atoms with E-state index in [0.717, 1.165) is 63.0 Å². The van der Waals surface area contributed by atoms with Crippen LogP contribution in [0.1, 0.15) is 69.7 Å². The Balaban J connectivity index is 1.83. The number of carbonyl (C=O) groups excluding carboxylic acids is 1. The molecule has 6 heteroatoms. The average Bonchev–Trinajstić information content (AvgIpc) is 2.66. The number of amides is 1. The van der Waals surface area contributed by atoms with Crippen LogP contribution in [0, 0.1) is 11.8 Å². The molecule has 0 radical (unpaired) electrons. The van der Waals surface area contributed by atoms with Crippen molar-refractivity contribution in [2.75, 3.05) is 35.6 Å². The Morgan fingerprint density at radius 2 is 1.78 bits per heavy atom. The molecule has 2 aliphatic rings. The molecule has 27 heavy (non-hydrogen) atoms. The van der Waals surface area contributed by atoms with E-state index in [1.807, 2.05) is 6.92 Å². The smallest absolute Gasteiger partial charge is 0.255 e. The molecule has 1 aliphatic heterocycles. The van der Waals surface area contributed by atoms with Crippen LogP contribution in [0.5, 0.6) is 0 Å². The lowest BCUT2D eigenvalue weighted by atomic mass is 9.87. The van der Waals surface area contributed by atoms with Gasteiger partial charge in [0.05, 0.1) is 11.3 Å². The summed E-state index contributed by atoms with van der Waals surface area (Å²) in [6, 6.07) is 2.07. The second-order valence-electron chi connectivity index (χ2n) is 8.43. The van der Waals surface area contributed by atoms with Gasteiger partial charge in [0.1, 0.15) is 5.82 Å². The summed E-state index contributed by atoms with van der Waals surface area (Å²) in [5.41, 5.74) is 7.34. The number of carbonyl (C=O) groups is 1. The molecular weight excluding hydrogens is 338 g/mol. The predicted octanol–water partition coefficient (Wildman–Crippen LogP) is 3.64. The van der Waals surface area contributed by atoms with E-state index in [2.05, 4.69) is 29.4 Å². The van der Waals surface area contributed by atoms with Gasteiger partial charge in [-0.25, -0.2) is 4.98 Å². The number of hydrogen-bond acceptors (Lipinski definition) is 5. The predicted molar refractivity (Wildman–Crippen MR) is 112 cm³/mol. The van der Waals surface area contributed by atoms with Crippen molar-refractivity contribution in [1.82, 2.24) is 10.3 Å². The first-order valence-electron chi connectivity index (χ1n) is 10.6. The van der Waals surface area contributed by atoms with Crippen molar-refractivity contribution in [1.29, 1.82) is 0 Å². The van der Waals surface area contributed by atoms with Crippen LogP contribution in [0.2, 0.25) is 0 Å². The summed E-state index contributed by atoms with van der Waals surface area (Å²) in [5, 5.41) is 6.46. The third kappa shape index (κ3) is 4.85. The van der Waals surface area contributed by atoms with E-state index in [4.69, 9.17) is 10.7 Å². The number of aromatic nitrogens is 1. The van der Waals surface area contributed by atoms with Crippen molar-refractivity contribution in [2.45, 2.75) is 65.3 Å². The summed E-state index contributed by atoms with van der Waals surface area (Å²) in [6.07, 6.45) is 6.74. The molecule has 1 aromatic heterocycles. The van der Waals surface area contributed by atoms with Gasteiger partial charge in [-0.2, -0.15) is 0 Å². The Morgan fingerprint density at radius 1 is 1.15 bits per heavy atom. The van der Waals surface area contributed by atoms with Crippen molar-refractivity contribution >= 4 is 23.2 Å². The summed E-state index contributed by atoms with van der Waals surface area (Å²) < 4.78 is 0. The second-order valence-corrected chi connectivity index (χ2v) is 8.43. The molecular formula is C21H35N5O. The fourth-order valence-corrected chi connectivity index (χ4v) is 4.12. The topological polar surface area (TPSA) is 83.3 Å². The Labute approximate surface area is 163 Å². The van der Waals surface area contributed by atoms with E-state index in [9.17, 15) is 4.79 Å². The van der Waals surface area contributed by atoms with Crippen LogP contribution in [-0.4, -0.2) is 36.6 Å². The maximum absolute atomic E-state index is 13.1. The molecule has 2 heterocycles. The highest BCUT2D eigenvalue weighted by Gasteiger charge is 2.26. The number of piperidine rings is 1. The molecule has 1 saturated heterocycles. The first-order valence-corrected chi connectivity index (χ1v) is 10.6. The molecule has 6 nitrogen and oxygen atoms in total. The number of nitrogens with two attached hydrogens (primary N) is 1. The molecule has 0 bridgehead atoms. The molecule has 1 amide bonds. The first kappa shape index (κ1) is 19.8. The van der Waals surface area contributed by atoms with E-state index in [0.29, 0.717) is 17.1 Å². The van der Waals surface area contributed by atoms with Crippen molar-refractivity contribution < 1.29 is 4.79 Å². The third-order valence-corrected chi connectivity index (χ3v) is 6.05. The van der Waals surface area contributed by atoms with Gasteiger partial charge < -0.3 is 21.3 Å². The molecule has 0 unspecified atom stereocenters. The lowest BCUT2D eigenvalue weighted by molar-refractivity contribution is 0.0923. The number of nitrogen functional groups attached to an aromatic ring is 1. The SMILES string of the molecule is CCNc1nc(N2CCC(C)CC2)c(C(=O)NC2CCC(C)CC2)cc1N. The van der Waals surface area contributed by atoms with Crippen LogP contribution in [0.4, 0.5) is 17.3 Å². The van der Waals surface area contributed by atoms with E-state index < -0.39 is 0 Å². The molecule has 1 aliphatic carbocycles. The number of hydrogen-bond donors (Lipinski definition) is 3. The van der Waals surface area contributed by atoms with Crippen molar-refractivity contribution in [3.8, 4) is 0 Å². The Morgan fingerprint density at radius 3 is 2.41 bits per heavy atom. The summed E-state index contributed by atoms with van der Waals surface area (Å²) in [4.78, 5) is 20.1. The summed E-state index contributed by atoms with van der Waals surface area (Å²) >= 11 is 0. The van der Waals surface area contributed by atoms with E-state index in [-0.39, 0.29) is 11.9 Å². The number of nitrogens with zero attached hydrogens (tertiary/aromatic N) is 2. The van der Waals surface area contributed by atoms with Gasteiger partial charge in [0.15, 0.2) is 5.82 Å². The Kier molecular flexibility index (Phi) is 6.45. The Bertz CT molecular complexity index is 646. The zero-order valence-corrected chi connectivity index (χ0v) is 17.1. The van der Waals surface area contributed by atoms with Crippen LogP contribution >= 0.6 is 0 Å². The highest BCUT2D eigenvalue weighted by Crippen LogP contribution is 2.30. The largest absolute Gasteiger partial charge is 0.396 e. The number of rotatable bonds is 5. The van der Waals surface area contributed by atoms with Gasteiger partial charge in [-0.1, -0.05) is 13.8 Å². The van der Waals surface area contributed by atoms with Crippen LogP contribution in [-0.2, 0) is 0 Å². The lowest BCUT2D eigenvalue weighted by Gasteiger charge is -2.33. The highest BCUT2D eigenvalue weighted by molar-refractivity contribution is 6.00. The third-order valence-electron chi connectivity index (χ3n) is 6.05. The quantitative estimate of drug-likeness (QED) is 0.734. The monoisotopic (exact) mass is 373 g/mol. The Hall–Kier alpha value is -1.98. The van der Waals surface area contributed by atoms with E-state index in [1.54, 1.807) is 6.07 Å². The van der Waals surface area contributed by atoms with Crippen molar-refractivity contribution in [3.05, 3.63) is 11.6 Å². The van der Waals surface area contributed by atoms with Gasteiger partial charge in [-0.15, -0.1) is 0 Å². The molecule has 4 N–H and O–H groups in total. The molecule has 150 valence electrons. The minimum absolute atomic E-state index is 0.0366. The fourth-order valence-electron chi connectivity index (χ4n) is 4.12. The van der Waals surface area contributed by atoms with Crippen LogP contribution in [0.25, 0.3) is 0 Å². The maximum atomic E-state index is 13.1. The number of pyridine rings is 1. The zero-order valence-electron chi connectivity index (χ0n) is 17.1. The molecule has 2 fully saturated rings. The number of nitrogens with one attached hydrogen (secondary N) is 2. The molecule has 0 aromatic carbocycles. The minimum atomic E-state index is -0.0366. The van der Waals surface area contributed by atoms with Gasteiger partial charge in [-0.05, 0) is 63.4 Å². The maximum Gasteiger partial charge on any atom is 0.255 e. The first-order chi connectivity index (χ1) is 13.0. The fraction of sp³-hybridized carbons (Fsp3) is 0.714. The summed E-state index contributed by atoms with van der Waals surface area (Å²) in [7, 11) is 0. The summed E-state index contributed by atoms with van der Waals surface area (Å²) in [6.45, 7) is 9.22. The molecule has 1 aromatic rings. The van der Waals surface area contributed by atoms with Gasteiger partial charge in [0, 0.05) is 25.7 Å². The molecule has 0 atom stereocenters. The lowest BCUT2D eigenvalue weighted by Crippen LogP contribution is -2.40. The van der Waals surface area contributed by atoms with Crippen LogP contribution < -0.4 is 21.3 Å². The van der Waals surface area contributed by atoms with Crippen molar-refractivity contribution in [3.63, 3.8) is 0 Å². The van der Waals surface area contributed by atoms with Gasteiger partial charge in [0.2, 0.25) is 0 Å². The van der Waals surface area contributed by atoms with Crippen molar-refractivity contribution in [2.24, 2.45) is 11.8 Å². The standard InChI is InChI=1S/C21H35N5O/c1-4-23-19-18(22)13-17(20(25-19)26-11-9-15(3)10-12-26)21(27)24-16-7-5-14(2)6-8-16/h13-16H,4-12,22H2,1-3H3,(H,23,25)(H,24,27).